The third kappa shape index (κ3) is 2.72. The van der Waals surface area contributed by atoms with Crippen LogP contribution in [0.5, 0.6) is 0 Å². The highest BCUT2D eigenvalue weighted by Crippen LogP contribution is 2.22. The minimum atomic E-state index is 0.179. The molecule has 1 aliphatic heterocycles. The molecule has 1 atom stereocenters. The standard InChI is InChI=1S/C15H22N2O/c1-2-14-4-3-11-17(14)15(18)13-7-5-12(6-8-13)9-10-16/h5-8,14H,2-4,9-11,16H2,1H3. The summed E-state index contributed by atoms with van der Waals surface area (Å²) in [5.41, 5.74) is 7.52. The molecule has 98 valence electrons. The van der Waals surface area contributed by atoms with Gasteiger partial charge in [-0.05, 0) is 49.9 Å². The molecule has 1 fully saturated rings. The fraction of sp³-hybridized carbons (Fsp3) is 0.533. The summed E-state index contributed by atoms with van der Waals surface area (Å²) in [5.74, 6) is 0.179. The lowest BCUT2D eigenvalue weighted by atomic mass is 10.1. The van der Waals surface area contributed by atoms with Crippen molar-refractivity contribution in [1.82, 2.24) is 4.90 Å². The predicted molar refractivity (Wildman–Crippen MR) is 73.5 cm³/mol. The van der Waals surface area contributed by atoms with Crippen LogP contribution in [0.3, 0.4) is 0 Å². The van der Waals surface area contributed by atoms with E-state index in [4.69, 9.17) is 5.73 Å². The monoisotopic (exact) mass is 246 g/mol. The summed E-state index contributed by atoms with van der Waals surface area (Å²) in [4.78, 5) is 14.4. The molecule has 1 amide bonds. The van der Waals surface area contributed by atoms with Crippen molar-refractivity contribution in [3.63, 3.8) is 0 Å². The molecule has 1 aromatic carbocycles. The number of hydrogen-bond acceptors (Lipinski definition) is 2. The summed E-state index contributed by atoms with van der Waals surface area (Å²) in [6.07, 6.45) is 4.20. The van der Waals surface area contributed by atoms with E-state index in [2.05, 4.69) is 6.92 Å². The van der Waals surface area contributed by atoms with Crippen LogP contribution in [0.25, 0.3) is 0 Å². The smallest absolute Gasteiger partial charge is 0.254 e. The van der Waals surface area contributed by atoms with E-state index in [0.717, 1.165) is 37.8 Å². The maximum absolute atomic E-state index is 12.4. The van der Waals surface area contributed by atoms with Crippen LogP contribution >= 0.6 is 0 Å². The van der Waals surface area contributed by atoms with Gasteiger partial charge >= 0.3 is 0 Å². The second kappa shape index (κ2) is 6.01. The van der Waals surface area contributed by atoms with Crippen molar-refractivity contribution in [2.75, 3.05) is 13.1 Å². The summed E-state index contributed by atoms with van der Waals surface area (Å²) in [6, 6.07) is 8.31. The van der Waals surface area contributed by atoms with Gasteiger partial charge < -0.3 is 10.6 Å². The molecule has 1 aliphatic rings. The quantitative estimate of drug-likeness (QED) is 0.885. The van der Waals surface area contributed by atoms with Crippen LogP contribution in [0.15, 0.2) is 24.3 Å². The molecule has 3 nitrogen and oxygen atoms in total. The molecule has 2 N–H and O–H groups in total. The van der Waals surface area contributed by atoms with Crippen LogP contribution < -0.4 is 5.73 Å². The van der Waals surface area contributed by atoms with Crippen LogP contribution in [-0.4, -0.2) is 29.9 Å². The van der Waals surface area contributed by atoms with E-state index in [0.29, 0.717) is 12.6 Å². The lowest BCUT2D eigenvalue weighted by Crippen LogP contribution is -2.35. The lowest BCUT2D eigenvalue weighted by molar-refractivity contribution is 0.0733. The summed E-state index contributed by atoms with van der Waals surface area (Å²) >= 11 is 0. The van der Waals surface area contributed by atoms with E-state index < -0.39 is 0 Å². The molecule has 0 spiro atoms. The minimum Gasteiger partial charge on any atom is -0.336 e. The molecule has 0 bridgehead atoms. The fourth-order valence-corrected chi connectivity index (χ4v) is 2.67. The Kier molecular flexibility index (Phi) is 4.37. The number of amides is 1. The van der Waals surface area contributed by atoms with E-state index in [1.165, 1.54) is 5.56 Å². The third-order valence-electron chi connectivity index (χ3n) is 3.74. The van der Waals surface area contributed by atoms with Crippen molar-refractivity contribution < 1.29 is 4.79 Å². The Hall–Kier alpha value is -1.35. The SMILES string of the molecule is CCC1CCCN1C(=O)c1ccc(CCN)cc1. The number of nitrogens with zero attached hydrogens (tertiary/aromatic N) is 1. The van der Waals surface area contributed by atoms with Crippen LogP contribution in [0.1, 0.15) is 42.1 Å². The molecule has 1 aromatic rings. The molecule has 1 unspecified atom stereocenters. The zero-order valence-corrected chi connectivity index (χ0v) is 11.1. The molecule has 0 radical (unpaired) electrons. The highest BCUT2D eigenvalue weighted by Gasteiger charge is 2.27. The highest BCUT2D eigenvalue weighted by atomic mass is 16.2. The van der Waals surface area contributed by atoms with Crippen LogP contribution in [0.4, 0.5) is 0 Å². The molecule has 18 heavy (non-hydrogen) atoms. The molecule has 0 saturated carbocycles. The van der Waals surface area contributed by atoms with E-state index in [-0.39, 0.29) is 5.91 Å². The van der Waals surface area contributed by atoms with Crippen molar-refractivity contribution in [2.24, 2.45) is 5.73 Å². The number of likely N-dealkylation sites (tertiary alicyclic amines) is 1. The Morgan fingerprint density at radius 2 is 2.11 bits per heavy atom. The van der Waals surface area contributed by atoms with Crippen molar-refractivity contribution >= 4 is 5.91 Å². The Bertz CT molecular complexity index is 399. The van der Waals surface area contributed by atoms with Crippen LogP contribution in [0, 0.1) is 0 Å². The largest absolute Gasteiger partial charge is 0.336 e. The average molecular weight is 246 g/mol. The van der Waals surface area contributed by atoms with E-state index >= 15 is 0 Å². The summed E-state index contributed by atoms with van der Waals surface area (Å²) < 4.78 is 0. The number of hydrogen-bond donors (Lipinski definition) is 1. The maximum Gasteiger partial charge on any atom is 0.254 e. The van der Waals surface area contributed by atoms with E-state index in [1.54, 1.807) is 0 Å². The molecule has 0 aliphatic carbocycles. The Morgan fingerprint density at radius 1 is 1.39 bits per heavy atom. The van der Waals surface area contributed by atoms with Gasteiger partial charge in [-0.1, -0.05) is 19.1 Å². The first-order valence-electron chi connectivity index (χ1n) is 6.86. The summed E-state index contributed by atoms with van der Waals surface area (Å²) in [7, 11) is 0. The zero-order valence-electron chi connectivity index (χ0n) is 11.1. The number of carbonyl (C=O) groups is 1. The van der Waals surface area contributed by atoms with Crippen molar-refractivity contribution in [3.8, 4) is 0 Å². The second-order valence-electron chi connectivity index (χ2n) is 4.94. The minimum absolute atomic E-state index is 0.179. The topological polar surface area (TPSA) is 46.3 Å². The van der Waals surface area contributed by atoms with Gasteiger partial charge in [-0.2, -0.15) is 0 Å². The van der Waals surface area contributed by atoms with Gasteiger partial charge in [-0.3, -0.25) is 4.79 Å². The second-order valence-corrected chi connectivity index (χ2v) is 4.94. The van der Waals surface area contributed by atoms with Crippen molar-refractivity contribution in [2.45, 2.75) is 38.6 Å². The molecular weight excluding hydrogens is 224 g/mol. The van der Waals surface area contributed by atoms with Gasteiger partial charge in [0.15, 0.2) is 0 Å². The fourth-order valence-electron chi connectivity index (χ4n) is 2.67. The summed E-state index contributed by atoms with van der Waals surface area (Å²) in [6.45, 7) is 3.71. The van der Waals surface area contributed by atoms with Gasteiger partial charge in [0, 0.05) is 18.2 Å². The normalized spacial score (nSPS) is 19.2. The van der Waals surface area contributed by atoms with Gasteiger partial charge in [0.25, 0.3) is 5.91 Å². The Balaban J connectivity index is 2.08. The predicted octanol–water partition coefficient (Wildman–Crippen LogP) is 2.20. The van der Waals surface area contributed by atoms with Gasteiger partial charge in [0.2, 0.25) is 0 Å². The van der Waals surface area contributed by atoms with Gasteiger partial charge in [0.1, 0.15) is 0 Å². The number of carbonyl (C=O) groups excluding carboxylic acids is 1. The number of nitrogens with two attached hydrogens (primary N) is 1. The first kappa shape index (κ1) is 13.1. The molecule has 2 rings (SSSR count). The Morgan fingerprint density at radius 3 is 2.72 bits per heavy atom. The third-order valence-corrected chi connectivity index (χ3v) is 3.74. The highest BCUT2D eigenvalue weighted by molar-refractivity contribution is 5.94. The number of rotatable bonds is 4. The molecule has 3 heteroatoms. The van der Waals surface area contributed by atoms with E-state index in [1.807, 2.05) is 29.2 Å². The molecule has 1 heterocycles. The first-order chi connectivity index (χ1) is 8.76. The van der Waals surface area contributed by atoms with E-state index in [9.17, 15) is 4.79 Å². The lowest BCUT2D eigenvalue weighted by Gasteiger charge is -2.23. The average Bonchev–Trinajstić information content (AvgIpc) is 2.87. The Labute approximate surface area is 109 Å². The van der Waals surface area contributed by atoms with Gasteiger partial charge in [0.05, 0.1) is 0 Å². The van der Waals surface area contributed by atoms with Crippen molar-refractivity contribution in [1.29, 1.82) is 0 Å². The maximum atomic E-state index is 12.4. The summed E-state index contributed by atoms with van der Waals surface area (Å²) in [5, 5.41) is 0. The number of benzene rings is 1. The van der Waals surface area contributed by atoms with Gasteiger partial charge in [-0.25, -0.2) is 0 Å². The van der Waals surface area contributed by atoms with Crippen molar-refractivity contribution in [3.05, 3.63) is 35.4 Å². The van der Waals surface area contributed by atoms with Crippen LogP contribution in [0.2, 0.25) is 0 Å². The van der Waals surface area contributed by atoms with Gasteiger partial charge in [-0.15, -0.1) is 0 Å². The molecular formula is C15H22N2O. The zero-order chi connectivity index (χ0) is 13.0. The molecule has 0 aromatic heterocycles. The van der Waals surface area contributed by atoms with Crippen LogP contribution in [-0.2, 0) is 6.42 Å². The first-order valence-corrected chi connectivity index (χ1v) is 6.86. The molecule has 1 saturated heterocycles.